The summed E-state index contributed by atoms with van der Waals surface area (Å²) in [6.45, 7) is 0. The van der Waals surface area contributed by atoms with E-state index in [9.17, 15) is 0 Å². The van der Waals surface area contributed by atoms with Gasteiger partial charge in [-0.3, -0.25) is 0 Å². The van der Waals surface area contributed by atoms with Crippen LogP contribution in [0.5, 0.6) is 0 Å². The third kappa shape index (κ3) is 10.9. The maximum Gasteiger partial charge on any atom is 0.0754 e. The molecule has 1 aliphatic carbocycles. The maximum atomic E-state index is 2.54. The van der Waals surface area contributed by atoms with Crippen LogP contribution >= 0.6 is 0 Å². The van der Waals surface area contributed by atoms with Gasteiger partial charge in [-0.25, -0.2) is 0 Å². The second-order valence-corrected chi connectivity index (χ2v) is 28.0. The lowest BCUT2D eigenvalue weighted by atomic mass is 9.65. The summed E-state index contributed by atoms with van der Waals surface area (Å²) in [5.74, 6) is 0. The van der Waals surface area contributed by atoms with Crippen molar-refractivity contribution in [3.05, 3.63) is 453 Å². The minimum atomic E-state index is -0.705. The van der Waals surface area contributed by atoms with Gasteiger partial charge in [-0.15, -0.1) is 0 Å². The van der Waals surface area contributed by atoms with Crippen LogP contribution in [0.4, 0.5) is 68.2 Å². The molecule has 18 aromatic rings. The fraction of sp³-hybridized carbons (Fsp3) is 0.00971. The van der Waals surface area contributed by atoms with Gasteiger partial charge in [0, 0.05) is 79.0 Å². The van der Waals surface area contributed by atoms with Crippen LogP contribution < -0.4 is 19.6 Å². The molecule has 0 bridgehead atoms. The second kappa shape index (κ2) is 26.8. The predicted molar refractivity (Wildman–Crippen MR) is 452 cm³/mol. The van der Waals surface area contributed by atoms with Gasteiger partial charge in [0.1, 0.15) is 0 Å². The third-order valence-electron chi connectivity index (χ3n) is 21.9. The van der Waals surface area contributed by atoms with Crippen LogP contribution in [0, 0.1) is 0 Å². The van der Waals surface area contributed by atoms with Gasteiger partial charge in [0.2, 0.25) is 0 Å². The van der Waals surface area contributed by atoms with E-state index in [-0.39, 0.29) is 0 Å². The normalized spacial score (nSPS) is 12.1. The molecule has 108 heavy (non-hydrogen) atoms. The molecule has 1 aliphatic heterocycles. The van der Waals surface area contributed by atoms with E-state index in [1.807, 2.05) is 0 Å². The molecule has 2 heterocycles. The van der Waals surface area contributed by atoms with Crippen molar-refractivity contribution in [2.45, 2.75) is 5.41 Å². The summed E-state index contributed by atoms with van der Waals surface area (Å²) < 4.78 is 2.54. The molecule has 1 spiro atoms. The SMILES string of the molecule is c1ccc(-c2cccc(N(c3ccc(-c4ccc5c(c4)C4(c6cc(-c7ccc(N(c8ccc(N(c9ccccc9)c9ccccc9)cc8)c8cccc(-c9ccccc9)c8)cc7)ccc6-5)c5ccccc5-n5c6ccccc6c6cccc4c65)cc3)c3ccc(N(c4ccccc4)c4ccccc4)cc3)c2)cc1. The van der Waals surface area contributed by atoms with Crippen molar-refractivity contribution in [3.63, 3.8) is 0 Å². The van der Waals surface area contributed by atoms with Crippen LogP contribution in [-0.4, -0.2) is 4.57 Å². The number of anilines is 12. The number of benzene rings is 17. The Bertz CT molecular complexity index is 5940. The Labute approximate surface area is 629 Å². The summed E-state index contributed by atoms with van der Waals surface area (Å²) in [5.41, 5.74) is 32.6. The number of rotatable bonds is 16. The molecule has 2 aliphatic rings. The van der Waals surface area contributed by atoms with E-state index < -0.39 is 5.41 Å². The van der Waals surface area contributed by atoms with Gasteiger partial charge in [-0.05, 0) is 248 Å². The van der Waals surface area contributed by atoms with E-state index in [0.29, 0.717) is 0 Å². The summed E-state index contributed by atoms with van der Waals surface area (Å²) in [4.78, 5) is 9.41. The topological polar surface area (TPSA) is 17.9 Å². The van der Waals surface area contributed by atoms with Crippen LogP contribution in [0.25, 0.3) is 83.1 Å². The maximum absolute atomic E-state index is 2.54. The van der Waals surface area contributed by atoms with Crippen molar-refractivity contribution in [3.8, 4) is 61.3 Å². The number of fused-ring (bicyclic) bond motifs is 12. The zero-order chi connectivity index (χ0) is 71.5. The molecule has 0 radical (unpaired) electrons. The Hall–Kier alpha value is -14.3. The molecule has 0 atom stereocenters. The van der Waals surface area contributed by atoms with Crippen molar-refractivity contribution >= 4 is 90.1 Å². The van der Waals surface area contributed by atoms with Crippen molar-refractivity contribution in [2.75, 3.05) is 19.6 Å². The molecule has 1 aromatic heterocycles. The van der Waals surface area contributed by atoms with Gasteiger partial charge in [0.25, 0.3) is 0 Å². The van der Waals surface area contributed by atoms with Gasteiger partial charge >= 0.3 is 0 Å². The van der Waals surface area contributed by atoms with Gasteiger partial charge in [-0.1, -0.05) is 261 Å². The zero-order valence-electron chi connectivity index (χ0n) is 59.2. The predicted octanol–water partition coefficient (Wildman–Crippen LogP) is 28.0. The first-order valence-electron chi connectivity index (χ1n) is 37.1. The average molecular weight is 1380 g/mol. The minimum Gasteiger partial charge on any atom is -0.311 e. The fourth-order valence-electron chi connectivity index (χ4n) is 17.1. The molecule has 20 rings (SSSR count). The fourth-order valence-corrected chi connectivity index (χ4v) is 17.1. The largest absolute Gasteiger partial charge is 0.311 e. The molecular formula is C103H71N5. The lowest BCUT2D eigenvalue weighted by Crippen LogP contribution is -2.33. The number of nitrogens with zero attached hydrogens (tertiary/aromatic N) is 5. The first-order valence-corrected chi connectivity index (χ1v) is 37.1. The van der Waals surface area contributed by atoms with E-state index in [2.05, 4.69) is 455 Å². The number of hydrogen-bond acceptors (Lipinski definition) is 4. The first kappa shape index (κ1) is 63.4. The molecule has 0 saturated carbocycles. The highest BCUT2D eigenvalue weighted by molar-refractivity contribution is 6.13. The smallest absolute Gasteiger partial charge is 0.0754 e. The van der Waals surface area contributed by atoms with E-state index >= 15 is 0 Å². The first-order chi connectivity index (χ1) is 53.6. The van der Waals surface area contributed by atoms with E-state index in [1.165, 1.54) is 72.0 Å². The molecule has 0 unspecified atom stereocenters. The summed E-state index contributed by atoms with van der Waals surface area (Å²) in [5, 5.41) is 2.50. The molecule has 0 saturated heterocycles. The van der Waals surface area contributed by atoms with E-state index in [4.69, 9.17) is 0 Å². The molecular weight excluding hydrogens is 1310 g/mol. The third-order valence-corrected chi connectivity index (χ3v) is 21.9. The number of para-hydroxylation sites is 7. The zero-order valence-corrected chi connectivity index (χ0v) is 59.2. The van der Waals surface area contributed by atoms with Gasteiger partial charge < -0.3 is 24.2 Å². The lowest BCUT2D eigenvalue weighted by molar-refractivity contribution is 0.749. The lowest BCUT2D eigenvalue weighted by Gasteiger charge is -2.40. The Morgan fingerprint density at radius 2 is 0.454 bits per heavy atom. The molecule has 5 heteroatoms. The van der Waals surface area contributed by atoms with Crippen molar-refractivity contribution in [2.24, 2.45) is 0 Å². The highest BCUT2D eigenvalue weighted by Gasteiger charge is 2.51. The van der Waals surface area contributed by atoms with Crippen LogP contribution in [-0.2, 0) is 5.41 Å². The molecule has 0 amide bonds. The van der Waals surface area contributed by atoms with Gasteiger partial charge in [-0.2, -0.15) is 0 Å². The average Bonchev–Trinajstić information content (AvgIpc) is 1.47. The Kier molecular flexibility index (Phi) is 15.7. The molecule has 5 nitrogen and oxygen atoms in total. The highest BCUT2D eigenvalue weighted by atomic mass is 15.2. The van der Waals surface area contributed by atoms with Gasteiger partial charge in [0.05, 0.1) is 22.1 Å². The Balaban J connectivity index is 0.704. The number of hydrogen-bond donors (Lipinski definition) is 0. The summed E-state index contributed by atoms with van der Waals surface area (Å²) in [6, 6.07) is 158. The summed E-state index contributed by atoms with van der Waals surface area (Å²) in [6.07, 6.45) is 0. The second-order valence-electron chi connectivity index (χ2n) is 28.0. The van der Waals surface area contributed by atoms with Crippen molar-refractivity contribution in [1.82, 2.24) is 4.57 Å². The molecule has 508 valence electrons. The van der Waals surface area contributed by atoms with Crippen LogP contribution in [0.15, 0.2) is 431 Å². The molecule has 0 N–H and O–H groups in total. The quantitative estimate of drug-likeness (QED) is 0.0959. The monoisotopic (exact) mass is 1380 g/mol. The molecule has 0 fully saturated rings. The van der Waals surface area contributed by atoms with Gasteiger partial charge in [0.15, 0.2) is 0 Å². The number of aromatic nitrogens is 1. The van der Waals surface area contributed by atoms with E-state index in [1.54, 1.807) is 0 Å². The van der Waals surface area contributed by atoms with Crippen LogP contribution in [0.2, 0.25) is 0 Å². The van der Waals surface area contributed by atoms with Crippen LogP contribution in [0.3, 0.4) is 0 Å². The Morgan fingerprint density at radius 1 is 0.176 bits per heavy atom. The van der Waals surface area contributed by atoms with Crippen LogP contribution in [0.1, 0.15) is 22.3 Å². The summed E-state index contributed by atoms with van der Waals surface area (Å²) in [7, 11) is 0. The van der Waals surface area contributed by atoms with Crippen molar-refractivity contribution in [1.29, 1.82) is 0 Å². The highest BCUT2D eigenvalue weighted by Crippen LogP contribution is 2.62. The summed E-state index contributed by atoms with van der Waals surface area (Å²) >= 11 is 0. The van der Waals surface area contributed by atoms with Crippen molar-refractivity contribution < 1.29 is 0 Å². The minimum absolute atomic E-state index is 0.705. The Morgan fingerprint density at radius 3 is 0.880 bits per heavy atom. The standard InChI is InChI=1S/C103H71N5/c1-7-26-72(27-8-1)76-30-23-40-90(68-76)106(88-62-58-86(59-63-88)104(80-32-11-3-12-33-80)81-34-13-4-14-35-81)84-54-48-74(49-55-84)78-52-66-92-93-67-53-79(71-99(93)103(98(92)70-78)96-44-20-22-47-101(96)108-100-46-21-19-42-94(100)95-43-25-45-97(103)102(95)108)75-50-56-85(57-51-75)107(91-41-24-31-77(69-91)73-28-9-2-10-29-73)89-64-60-87(61-65-89)105(82-36-15-5-16-37-82)83-38-17-6-18-39-83/h1-71H. The van der Waals surface area contributed by atoms with E-state index in [0.717, 1.165) is 102 Å². The molecule has 17 aromatic carbocycles.